The Bertz CT molecular complexity index is 1940. The first-order valence-electron chi connectivity index (χ1n) is 17.5. The lowest BCUT2D eigenvalue weighted by Crippen LogP contribution is -2.47. The molecule has 11 N–H and O–H groups in total. The largest absolute Gasteiger partial charge is 0.394 e. The molecule has 2 rings (SSSR count). The minimum atomic E-state index is -1.54. The smallest absolute Gasteiger partial charge is 0.256 e. The Labute approximate surface area is 425 Å². The highest BCUT2D eigenvalue weighted by Crippen LogP contribution is 2.39. The maximum absolute atomic E-state index is 14.5. The number of hydrogen-bond acceptors (Lipinski definition) is 15. The van der Waals surface area contributed by atoms with Gasteiger partial charge >= 0.3 is 0 Å². The van der Waals surface area contributed by atoms with E-state index in [-0.39, 0.29) is 80.7 Å². The van der Waals surface area contributed by atoms with Gasteiger partial charge in [-0.05, 0) is 148 Å². The molecule has 4 amide bonds. The summed E-state index contributed by atoms with van der Waals surface area (Å²) < 4.78 is 1.03. The van der Waals surface area contributed by atoms with Gasteiger partial charge in [0.25, 0.3) is 11.8 Å². The molecule has 334 valence electrons. The number of aliphatic hydroxyl groups is 9. The first kappa shape index (κ1) is 55.8. The van der Waals surface area contributed by atoms with Gasteiger partial charge in [-0.3, -0.25) is 28.8 Å². The topological polar surface area (TPSA) is 315 Å². The summed E-state index contributed by atoms with van der Waals surface area (Å²) in [5.41, 5.74) is -0.156. The number of likely N-dealkylation sites (N-methyl/N-ethyl adjacent to an activating group) is 1. The van der Waals surface area contributed by atoms with E-state index < -0.39 is 112 Å². The monoisotopic (exact) mass is 1520 g/mol. The molecule has 2 aromatic rings. The Morgan fingerprint density at radius 3 is 1.22 bits per heavy atom. The van der Waals surface area contributed by atoms with Crippen molar-refractivity contribution in [3.8, 4) is 0 Å². The van der Waals surface area contributed by atoms with Crippen molar-refractivity contribution in [2.24, 2.45) is 0 Å². The third-order valence-electron chi connectivity index (χ3n) is 8.46. The summed E-state index contributed by atoms with van der Waals surface area (Å²) in [6, 6.07) is 0. The zero-order valence-electron chi connectivity index (χ0n) is 31.4. The second-order valence-corrected chi connectivity index (χ2v) is 19.5. The van der Waals surface area contributed by atoms with Crippen molar-refractivity contribution in [3.63, 3.8) is 0 Å². The number of Topliss-reactive ketones (excluding diaryl/α,β-unsaturated/α-hetero) is 2. The predicted octanol–water partition coefficient (Wildman–Crippen LogP) is 0.736. The number of rotatable bonds is 23. The number of anilines is 2. The van der Waals surface area contributed by atoms with Crippen LogP contribution in [0.2, 0.25) is 0 Å². The van der Waals surface area contributed by atoms with E-state index in [1.807, 2.05) is 22.6 Å². The minimum Gasteiger partial charge on any atom is -0.394 e. The van der Waals surface area contributed by atoms with Gasteiger partial charge in [0.1, 0.15) is 13.2 Å². The highest BCUT2D eigenvalue weighted by molar-refractivity contribution is 14.1. The van der Waals surface area contributed by atoms with Gasteiger partial charge in [0.2, 0.25) is 11.8 Å². The van der Waals surface area contributed by atoms with Gasteiger partial charge in [-0.1, -0.05) is 0 Å². The van der Waals surface area contributed by atoms with E-state index in [1.165, 1.54) is 7.05 Å². The van der Waals surface area contributed by atoms with E-state index in [2.05, 4.69) is 10.6 Å². The molecule has 0 bridgehead atoms. The molecule has 0 spiro atoms. The maximum Gasteiger partial charge on any atom is 0.256 e. The molecule has 2 aromatic carbocycles. The Balaban J connectivity index is 2.65. The Morgan fingerprint density at radius 1 is 0.500 bits per heavy atom. The molecule has 19 nitrogen and oxygen atoms in total. The summed E-state index contributed by atoms with van der Waals surface area (Å²) in [5, 5.41) is 93.7. The summed E-state index contributed by atoms with van der Waals surface area (Å²) in [7, 11) is 1.32. The Morgan fingerprint density at radius 2 is 0.850 bits per heavy atom. The van der Waals surface area contributed by atoms with Crippen molar-refractivity contribution in [1.29, 1.82) is 0 Å². The van der Waals surface area contributed by atoms with Crippen LogP contribution in [-0.4, -0.2) is 175 Å². The molecule has 0 saturated heterocycles. The van der Waals surface area contributed by atoms with Gasteiger partial charge in [-0.15, -0.1) is 0 Å². The average Bonchev–Trinajstić information content (AvgIpc) is 3.21. The van der Waals surface area contributed by atoms with Gasteiger partial charge in [-0.2, -0.15) is 0 Å². The molecular weight excluding hydrogens is 1480 g/mol. The zero-order valence-corrected chi connectivity index (χ0v) is 44.4. The molecule has 25 heteroatoms. The van der Waals surface area contributed by atoms with Crippen molar-refractivity contribution in [3.05, 3.63) is 43.7 Å². The van der Waals surface area contributed by atoms with Crippen LogP contribution in [0.3, 0.4) is 0 Å². The van der Waals surface area contributed by atoms with Gasteiger partial charge in [0, 0.05) is 64.9 Å². The first-order valence-corrected chi connectivity index (χ1v) is 24.0. The van der Waals surface area contributed by atoms with Crippen LogP contribution in [-0.2, 0) is 9.59 Å². The average molecular weight is 1520 g/mol. The summed E-state index contributed by atoms with van der Waals surface area (Å²) in [4.78, 5) is 82.4. The lowest BCUT2D eigenvalue weighted by atomic mass is 10.00. The third kappa shape index (κ3) is 14.9. The first-order chi connectivity index (χ1) is 28.1. The van der Waals surface area contributed by atoms with Crippen LogP contribution in [0.15, 0.2) is 0 Å². The maximum atomic E-state index is 14.5. The van der Waals surface area contributed by atoms with Crippen LogP contribution in [0.5, 0.6) is 0 Å². The fourth-order valence-electron chi connectivity index (χ4n) is 5.41. The van der Waals surface area contributed by atoms with Gasteiger partial charge in [0.05, 0.1) is 73.9 Å². The van der Waals surface area contributed by atoms with Crippen LogP contribution < -0.4 is 10.6 Å². The number of halogens is 6. The van der Waals surface area contributed by atoms with Crippen LogP contribution in [0.4, 0.5) is 11.4 Å². The van der Waals surface area contributed by atoms with E-state index in [0.29, 0.717) is 0 Å². The molecule has 60 heavy (non-hydrogen) atoms. The molecule has 0 heterocycles. The number of nitrogens with zero attached hydrogens (tertiary/aromatic N) is 2. The Hall–Kier alpha value is -0.320. The number of carbonyl (C=O) groups is 6. The van der Waals surface area contributed by atoms with E-state index in [1.54, 1.807) is 113 Å². The van der Waals surface area contributed by atoms with Crippen molar-refractivity contribution in [2.75, 3.05) is 70.3 Å². The van der Waals surface area contributed by atoms with Crippen LogP contribution in [0.25, 0.3) is 0 Å². The van der Waals surface area contributed by atoms with Crippen LogP contribution in [0.1, 0.15) is 67.1 Å². The number of hydrogen-bond donors (Lipinski definition) is 11. The molecule has 0 aliphatic heterocycles. The number of carbonyl (C=O) groups excluding carboxylic acids is 6. The van der Waals surface area contributed by atoms with E-state index in [9.17, 15) is 74.7 Å². The molecule has 0 aliphatic rings. The van der Waals surface area contributed by atoms with Gasteiger partial charge in [0.15, 0.2) is 11.6 Å². The number of nitrogens with one attached hydrogen (secondary N) is 2. The SMILES string of the molecule is CN(CC(O)CN(CC(O)CO)C(=O)c1c(I)c(NC(=O)CO)c(I)c(C(=O)CCC(O)CO)c1I)C(=O)c1c(I)c(NC(=O)CO)c(I)c(C(=O)CCC(O)CO)c1I. The van der Waals surface area contributed by atoms with Crippen molar-refractivity contribution in [1.82, 2.24) is 9.80 Å². The van der Waals surface area contributed by atoms with Crippen molar-refractivity contribution >= 4 is 182 Å². The summed E-state index contributed by atoms with van der Waals surface area (Å²) >= 11 is 10.7. The lowest BCUT2D eigenvalue weighted by molar-refractivity contribution is -0.119. The number of benzene rings is 2. The molecule has 4 atom stereocenters. The summed E-state index contributed by atoms with van der Waals surface area (Å²) in [6.07, 6.45) is -6.20. The van der Waals surface area contributed by atoms with Gasteiger partial charge in [-0.25, -0.2) is 0 Å². The van der Waals surface area contributed by atoms with Crippen LogP contribution >= 0.6 is 136 Å². The standard InChI is InChI=1S/C35H42I6N4O15/c1-44(34(59)24-26(36)22(18(55)4-2-14(51)9-46)28(38)32(30(24)40)42-20(57)12-49)6-16(53)7-45(8-17(54)11-48)35(60)25-27(37)23(19(56)5-3-15(52)10-47)29(39)33(31(25)41)43-21(58)13-50/h14-17,46-54H,2-13H2,1H3,(H,42,57)(H,43,58). The summed E-state index contributed by atoms with van der Waals surface area (Å²) in [5.74, 6) is -4.40. The minimum absolute atomic E-state index is 0.00249. The molecule has 0 fully saturated rings. The highest BCUT2D eigenvalue weighted by atomic mass is 127. The quantitative estimate of drug-likeness (QED) is 0.0540. The number of ketones is 2. The van der Waals surface area contributed by atoms with E-state index in [0.717, 1.165) is 9.80 Å². The molecular formula is C35H42I6N4O15. The molecule has 0 aliphatic carbocycles. The normalized spacial score (nSPS) is 13.3. The molecule has 4 unspecified atom stereocenters. The fourth-order valence-corrected chi connectivity index (χ4v) is 14.4. The molecule has 0 saturated carbocycles. The zero-order chi connectivity index (χ0) is 45.8. The van der Waals surface area contributed by atoms with Gasteiger partial charge < -0.3 is 66.4 Å². The molecule has 0 aromatic heterocycles. The summed E-state index contributed by atoms with van der Waals surface area (Å²) in [6.45, 7) is -5.42. The second kappa shape index (κ2) is 26.6. The second-order valence-electron chi connectivity index (χ2n) is 13.0. The Kier molecular flexibility index (Phi) is 24.7. The van der Waals surface area contributed by atoms with E-state index in [4.69, 9.17) is 0 Å². The molecule has 0 radical (unpaired) electrons. The highest BCUT2D eigenvalue weighted by Gasteiger charge is 2.34. The third-order valence-corrected chi connectivity index (χ3v) is 14.9. The number of aliphatic hydroxyl groups excluding tert-OH is 9. The van der Waals surface area contributed by atoms with Crippen molar-refractivity contribution in [2.45, 2.75) is 50.1 Å². The van der Waals surface area contributed by atoms with Crippen molar-refractivity contribution < 1.29 is 74.7 Å². The van der Waals surface area contributed by atoms with Crippen LogP contribution in [0, 0.1) is 21.4 Å². The fraction of sp³-hybridized carbons (Fsp3) is 0.486. The number of amides is 4. The predicted molar refractivity (Wildman–Crippen MR) is 266 cm³/mol. The lowest BCUT2D eigenvalue weighted by Gasteiger charge is -2.30. The van der Waals surface area contributed by atoms with E-state index >= 15 is 0 Å².